The smallest absolute Gasteiger partial charge is 0.144 e. The van der Waals surface area contributed by atoms with Crippen molar-refractivity contribution in [3.05, 3.63) is 29.8 Å². The Hall–Kier alpha value is 0.497. The molecule has 1 aromatic carbocycles. The summed E-state index contributed by atoms with van der Waals surface area (Å²) in [5.41, 5.74) is 1.20. The van der Waals surface area contributed by atoms with E-state index in [0.29, 0.717) is 0 Å². The standard InChI is InChI=1S/C7H7BrCl2Si/c8-5-6-3-1-2-4-7(6)11(9)10/h1-4,11H,5H2. The van der Waals surface area contributed by atoms with Gasteiger partial charge in [0.1, 0.15) is 0 Å². The summed E-state index contributed by atoms with van der Waals surface area (Å²) in [7, 11) is -1.67. The molecule has 11 heavy (non-hydrogen) atoms. The van der Waals surface area contributed by atoms with Gasteiger partial charge in [-0.3, -0.25) is 0 Å². The van der Waals surface area contributed by atoms with Gasteiger partial charge >= 0.3 is 0 Å². The van der Waals surface area contributed by atoms with Crippen molar-refractivity contribution in [2.24, 2.45) is 0 Å². The maximum Gasteiger partial charge on any atom is 0.266 e. The lowest BCUT2D eigenvalue weighted by Gasteiger charge is -2.04. The fourth-order valence-electron chi connectivity index (χ4n) is 0.869. The van der Waals surface area contributed by atoms with E-state index in [1.165, 1.54) is 5.56 Å². The van der Waals surface area contributed by atoms with Gasteiger partial charge in [0.2, 0.25) is 0 Å². The Morgan fingerprint density at radius 1 is 1.27 bits per heavy atom. The fraction of sp³-hybridized carbons (Fsp3) is 0.143. The molecule has 0 unspecified atom stereocenters. The van der Waals surface area contributed by atoms with Gasteiger partial charge in [-0.2, -0.15) is 0 Å². The molecule has 0 aliphatic carbocycles. The molecule has 0 bridgehead atoms. The molecule has 0 amide bonds. The normalized spacial score (nSPS) is 10.5. The maximum absolute atomic E-state index is 5.87. The average Bonchev–Trinajstić information content (AvgIpc) is 2.04. The highest BCUT2D eigenvalue weighted by molar-refractivity contribution is 9.08. The summed E-state index contributed by atoms with van der Waals surface area (Å²) in [5, 5.41) is 1.94. The Bertz CT molecular complexity index is 240. The van der Waals surface area contributed by atoms with Gasteiger partial charge < -0.3 is 0 Å². The quantitative estimate of drug-likeness (QED) is 0.440. The van der Waals surface area contributed by atoms with E-state index in [9.17, 15) is 0 Å². The monoisotopic (exact) mass is 268 g/mol. The zero-order chi connectivity index (χ0) is 8.27. The molecular weight excluding hydrogens is 263 g/mol. The summed E-state index contributed by atoms with van der Waals surface area (Å²) in [6.45, 7) is 0. The Morgan fingerprint density at radius 2 is 1.91 bits per heavy atom. The molecule has 0 aliphatic rings. The number of halogens is 3. The van der Waals surface area contributed by atoms with E-state index < -0.39 is 7.42 Å². The van der Waals surface area contributed by atoms with Gasteiger partial charge in [-0.1, -0.05) is 40.2 Å². The van der Waals surface area contributed by atoms with E-state index in [2.05, 4.69) is 15.9 Å². The molecule has 1 rings (SSSR count). The second-order valence-corrected chi connectivity index (χ2v) is 7.21. The summed E-state index contributed by atoms with van der Waals surface area (Å²) >= 11 is 15.1. The molecule has 0 saturated carbocycles. The topological polar surface area (TPSA) is 0 Å². The fourth-order valence-corrected chi connectivity index (χ4v) is 3.69. The number of alkyl halides is 1. The van der Waals surface area contributed by atoms with Crippen molar-refractivity contribution in [3.8, 4) is 0 Å². The Balaban J connectivity index is 3.02. The molecule has 0 atom stereocenters. The first-order valence-electron chi connectivity index (χ1n) is 3.17. The third kappa shape index (κ3) is 2.48. The van der Waals surface area contributed by atoms with Crippen LogP contribution in [0.15, 0.2) is 24.3 Å². The predicted octanol–water partition coefficient (Wildman–Crippen LogP) is 2.49. The molecule has 0 aliphatic heterocycles. The van der Waals surface area contributed by atoms with Crippen LogP contribution >= 0.6 is 38.1 Å². The lowest BCUT2D eigenvalue weighted by atomic mass is 10.2. The molecule has 0 nitrogen and oxygen atoms in total. The predicted molar refractivity (Wildman–Crippen MR) is 57.6 cm³/mol. The second kappa shape index (κ2) is 4.50. The first-order chi connectivity index (χ1) is 5.25. The van der Waals surface area contributed by atoms with E-state index >= 15 is 0 Å². The largest absolute Gasteiger partial charge is 0.266 e. The van der Waals surface area contributed by atoms with E-state index in [0.717, 1.165) is 10.5 Å². The molecule has 0 spiro atoms. The molecule has 0 radical (unpaired) electrons. The van der Waals surface area contributed by atoms with E-state index in [1.807, 2.05) is 24.3 Å². The minimum Gasteiger partial charge on any atom is -0.144 e. The van der Waals surface area contributed by atoms with Gasteiger partial charge in [0.05, 0.1) is 0 Å². The molecule has 0 heterocycles. The first-order valence-corrected chi connectivity index (χ1v) is 8.36. The highest BCUT2D eigenvalue weighted by Crippen LogP contribution is 2.07. The lowest BCUT2D eigenvalue weighted by Crippen LogP contribution is -2.21. The van der Waals surface area contributed by atoms with E-state index in [4.69, 9.17) is 22.2 Å². The van der Waals surface area contributed by atoms with Crippen LogP contribution in [-0.4, -0.2) is 7.42 Å². The van der Waals surface area contributed by atoms with Crippen LogP contribution in [0, 0.1) is 0 Å². The summed E-state index contributed by atoms with van der Waals surface area (Å²) in [6.07, 6.45) is 0. The van der Waals surface area contributed by atoms with Gasteiger partial charge in [-0.05, 0) is 10.8 Å². The Morgan fingerprint density at radius 3 is 2.36 bits per heavy atom. The summed E-state index contributed by atoms with van der Waals surface area (Å²) < 4.78 is 0. The van der Waals surface area contributed by atoms with Crippen molar-refractivity contribution in [2.75, 3.05) is 0 Å². The number of hydrogen-bond acceptors (Lipinski definition) is 0. The lowest BCUT2D eigenvalue weighted by molar-refractivity contribution is 1.48. The molecule has 0 fully saturated rings. The van der Waals surface area contributed by atoms with Crippen LogP contribution in [0.25, 0.3) is 0 Å². The van der Waals surface area contributed by atoms with Crippen LogP contribution < -0.4 is 5.19 Å². The van der Waals surface area contributed by atoms with Crippen LogP contribution in [-0.2, 0) is 5.33 Å². The van der Waals surface area contributed by atoms with Crippen molar-refractivity contribution >= 4 is 50.7 Å². The van der Waals surface area contributed by atoms with Crippen LogP contribution in [0.4, 0.5) is 0 Å². The minimum atomic E-state index is -1.67. The molecular formula is C7H7BrCl2Si. The van der Waals surface area contributed by atoms with Crippen molar-refractivity contribution < 1.29 is 0 Å². The zero-order valence-corrected chi connectivity index (χ0v) is 9.98. The van der Waals surface area contributed by atoms with Gasteiger partial charge in [-0.25, -0.2) is 0 Å². The number of benzene rings is 1. The highest BCUT2D eigenvalue weighted by Gasteiger charge is 2.09. The summed E-state index contributed by atoms with van der Waals surface area (Å²) in [6, 6.07) is 7.99. The number of hydrogen-bond donors (Lipinski definition) is 0. The van der Waals surface area contributed by atoms with Gasteiger partial charge in [0.15, 0.2) is 0 Å². The molecule has 1 aromatic rings. The third-order valence-electron chi connectivity index (χ3n) is 1.43. The van der Waals surface area contributed by atoms with Crippen LogP contribution in [0.3, 0.4) is 0 Å². The highest BCUT2D eigenvalue weighted by atomic mass is 79.9. The Labute approximate surface area is 85.7 Å². The first kappa shape index (κ1) is 9.58. The van der Waals surface area contributed by atoms with Crippen LogP contribution in [0.1, 0.15) is 5.56 Å². The SMILES string of the molecule is Cl[SiH](Cl)c1ccccc1CBr. The molecule has 0 N–H and O–H groups in total. The van der Waals surface area contributed by atoms with Crippen molar-refractivity contribution in [1.82, 2.24) is 0 Å². The maximum atomic E-state index is 5.87. The van der Waals surface area contributed by atoms with Gasteiger partial charge in [0, 0.05) is 5.33 Å². The van der Waals surface area contributed by atoms with Crippen molar-refractivity contribution in [3.63, 3.8) is 0 Å². The molecule has 0 saturated heterocycles. The molecule has 60 valence electrons. The minimum absolute atomic E-state index is 0.826. The average molecular weight is 270 g/mol. The van der Waals surface area contributed by atoms with Crippen molar-refractivity contribution in [2.45, 2.75) is 5.33 Å². The number of rotatable bonds is 2. The molecule has 0 aromatic heterocycles. The van der Waals surface area contributed by atoms with E-state index in [1.54, 1.807) is 0 Å². The zero-order valence-electron chi connectivity index (χ0n) is 5.73. The molecule has 4 heteroatoms. The second-order valence-electron chi connectivity index (χ2n) is 2.13. The van der Waals surface area contributed by atoms with Crippen LogP contribution in [0.5, 0.6) is 0 Å². The summed E-state index contributed by atoms with van der Waals surface area (Å²) in [4.78, 5) is 0. The van der Waals surface area contributed by atoms with Gasteiger partial charge in [-0.15, -0.1) is 22.2 Å². The summed E-state index contributed by atoms with van der Waals surface area (Å²) in [5.74, 6) is 0. The van der Waals surface area contributed by atoms with Crippen molar-refractivity contribution in [1.29, 1.82) is 0 Å². The van der Waals surface area contributed by atoms with E-state index in [-0.39, 0.29) is 0 Å². The Kier molecular flexibility index (Phi) is 3.92. The van der Waals surface area contributed by atoms with Gasteiger partial charge in [0.25, 0.3) is 7.42 Å². The third-order valence-corrected chi connectivity index (χ3v) is 4.48. The van der Waals surface area contributed by atoms with Crippen LogP contribution in [0.2, 0.25) is 0 Å².